The molecule has 0 spiro atoms. The summed E-state index contributed by atoms with van der Waals surface area (Å²) in [6.45, 7) is 2.85. The fourth-order valence-electron chi connectivity index (χ4n) is 2.88. The van der Waals surface area contributed by atoms with Gasteiger partial charge in [-0.2, -0.15) is 0 Å². The van der Waals surface area contributed by atoms with Gasteiger partial charge in [0.25, 0.3) is 5.69 Å². The number of hydrogen-bond donors (Lipinski definition) is 0. The topological polar surface area (TPSA) is 46.4 Å². The number of benzene rings is 1. The maximum Gasteiger partial charge on any atom is 0.292 e. The maximum atomic E-state index is 11.3. The highest BCUT2D eigenvalue weighted by Crippen LogP contribution is 2.35. The minimum atomic E-state index is -0.303. The van der Waals surface area contributed by atoms with Crippen molar-refractivity contribution in [3.05, 3.63) is 33.9 Å². The molecule has 0 heterocycles. The first-order valence-electron chi connectivity index (χ1n) is 6.77. The Bertz CT molecular complexity index is 459. The summed E-state index contributed by atoms with van der Waals surface area (Å²) >= 11 is 5.76. The summed E-state index contributed by atoms with van der Waals surface area (Å²) in [6, 6.07) is 5.76. The van der Waals surface area contributed by atoms with E-state index in [2.05, 4.69) is 11.8 Å². The first-order chi connectivity index (χ1) is 9.17. The standard InChI is InChI=1S/C14H19ClN2O2/c1-2-16(12-5-3-4-6-12)13-8-7-11(10-15)9-14(13)17(18)19/h7-9,12H,2-6,10H2,1H3. The molecule has 4 nitrogen and oxygen atoms in total. The van der Waals surface area contributed by atoms with Crippen LogP contribution in [-0.2, 0) is 5.88 Å². The van der Waals surface area contributed by atoms with E-state index in [-0.39, 0.29) is 10.6 Å². The van der Waals surface area contributed by atoms with Crippen LogP contribution < -0.4 is 4.90 Å². The molecule has 1 aliphatic carbocycles. The first kappa shape index (κ1) is 14.1. The monoisotopic (exact) mass is 282 g/mol. The molecule has 0 unspecified atom stereocenters. The Hall–Kier alpha value is -1.29. The Balaban J connectivity index is 2.38. The quantitative estimate of drug-likeness (QED) is 0.464. The van der Waals surface area contributed by atoms with Crippen molar-refractivity contribution in [2.75, 3.05) is 11.4 Å². The van der Waals surface area contributed by atoms with E-state index in [1.165, 1.54) is 12.8 Å². The molecule has 0 aromatic heterocycles. The van der Waals surface area contributed by atoms with Crippen molar-refractivity contribution in [3.63, 3.8) is 0 Å². The van der Waals surface area contributed by atoms with Crippen molar-refractivity contribution in [1.82, 2.24) is 0 Å². The van der Waals surface area contributed by atoms with Gasteiger partial charge in [0.2, 0.25) is 0 Å². The third-order valence-corrected chi connectivity index (χ3v) is 4.12. The summed E-state index contributed by atoms with van der Waals surface area (Å²) in [4.78, 5) is 13.1. The van der Waals surface area contributed by atoms with Crippen molar-refractivity contribution in [2.45, 2.75) is 44.5 Å². The number of nitro groups is 1. The van der Waals surface area contributed by atoms with Gasteiger partial charge in [-0.15, -0.1) is 11.6 Å². The number of halogens is 1. The van der Waals surface area contributed by atoms with Crippen LogP contribution in [-0.4, -0.2) is 17.5 Å². The van der Waals surface area contributed by atoms with E-state index in [0.717, 1.165) is 30.6 Å². The molecular formula is C14H19ClN2O2. The van der Waals surface area contributed by atoms with E-state index in [0.29, 0.717) is 11.9 Å². The van der Waals surface area contributed by atoms with Crippen LogP contribution in [0.1, 0.15) is 38.2 Å². The van der Waals surface area contributed by atoms with Gasteiger partial charge in [0.15, 0.2) is 0 Å². The molecule has 19 heavy (non-hydrogen) atoms. The molecule has 0 saturated heterocycles. The summed E-state index contributed by atoms with van der Waals surface area (Å²) in [6.07, 6.45) is 4.69. The molecule has 0 radical (unpaired) electrons. The van der Waals surface area contributed by atoms with Crippen molar-refractivity contribution < 1.29 is 4.92 Å². The average Bonchev–Trinajstić information content (AvgIpc) is 2.93. The Labute approximate surface area is 118 Å². The van der Waals surface area contributed by atoms with Gasteiger partial charge in [-0.05, 0) is 31.4 Å². The van der Waals surface area contributed by atoms with Gasteiger partial charge in [0.05, 0.1) is 4.92 Å². The third-order valence-electron chi connectivity index (χ3n) is 3.81. The average molecular weight is 283 g/mol. The molecule has 0 amide bonds. The zero-order chi connectivity index (χ0) is 13.8. The van der Waals surface area contributed by atoms with Crippen LogP contribution in [0.3, 0.4) is 0 Å². The van der Waals surface area contributed by atoms with Crippen molar-refractivity contribution in [3.8, 4) is 0 Å². The largest absolute Gasteiger partial charge is 0.363 e. The zero-order valence-corrected chi connectivity index (χ0v) is 11.9. The van der Waals surface area contributed by atoms with E-state index in [9.17, 15) is 10.1 Å². The van der Waals surface area contributed by atoms with Crippen molar-refractivity contribution in [2.24, 2.45) is 0 Å². The highest BCUT2D eigenvalue weighted by Gasteiger charge is 2.27. The van der Waals surface area contributed by atoms with E-state index in [1.807, 2.05) is 12.1 Å². The van der Waals surface area contributed by atoms with Crippen molar-refractivity contribution in [1.29, 1.82) is 0 Å². The highest BCUT2D eigenvalue weighted by atomic mass is 35.5. The lowest BCUT2D eigenvalue weighted by atomic mass is 10.1. The molecule has 0 atom stereocenters. The van der Waals surface area contributed by atoms with Crippen molar-refractivity contribution >= 4 is 23.0 Å². The van der Waals surface area contributed by atoms with E-state index in [4.69, 9.17) is 11.6 Å². The number of hydrogen-bond acceptors (Lipinski definition) is 3. The third kappa shape index (κ3) is 3.00. The van der Waals surface area contributed by atoms with Gasteiger partial charge in [0.1, 0.15) is 5.69 Å². The Morgan fingerprint density at radius 3 is 2.63 bits per heavy atom. The second-order valence-corrected chi connectivity index (χ2v) is 5.21. The summed E-state index contributed by atoms with van der Waals surface area (Å²) < 4.78 is 0. The van der Waals surface area contributed by atoms with Crippen LogP contribution in [0, 0.1) is 10.1 Å². The number of rotatable bonds is 5. The fraction of sp³-hybridized carbons (Fsp3) is 0.571. The zero-order valence-electron chi connectivity index (χ0n) is 11.1. The molecule has 104 valence electrons. The molecule has 0 N–H and O–H groups in total. The van der Waals surface area contributed by atoms with Crippen LogP contribution in [0.2, 0.25) is 0 Å². The minimum absolute atomic E-state index is 0.173. The molecule has 5 heteroatoms. The Kier molecular flexibility index (Phi) is 4.64. The normalized spacial score (nSPS) is 15.7. The Morgan fingerprint density at radius 1 is 1.42 bits per heavy atom. The van der Waals surface area contributed by atoms with Crippen LogP contribution in [0.5, 0.6) is 0 Å². The molecule has 0 bridgehead atoms. The predicted molar refractivity (Wildman–Crippen MR) is 77.9 cm³/mol. The second-order valence-electron chi connectivity index (χ2n) is 4.94. The molecular weight excluding hydrogens is 264 g/mol. The van der Waals surface area contributed by atoms with E-state index in [1.54, 1.807) is 6.07 Å². The SMILES string of the molecule is CCN(c1ccc(CCl)cc1[N+](=O)[O-])C1CCCC1. The predicted octanol–water partition coefficient (Wildman–Crippen LogP) is 4.10. The minimum Gasteiger partial charge on any atom is -0.363 e. The number of alkyl halides is 1. The van der Waals surface area contributed by atoms with Gasteiger partial charge in [-0.1, -0.05) is 18.9 Å². The van der Waals surface area contributed by atoms with Gasteiger partial charge in [0, 0.05) is 24.5 Å². The first-order valence-corrected chi connectivity index (χ1v) is 7.30. The summed E-state index contributed by atoms with van der Waals surface area (Å²) in [5, 5.41) is 11.3. The lowest BCUT2D eigenvalue weighted by molar-refractivity contribution is -0.384. The molecule has 1 saturated carbocycles. The molecule has 1 aromatic carbocycles. The number of nitro benzene ring substituents is 1. The molecule has 1 aromatic rings. The van der Waals surface area contributed by atoms with Gasteiger partial charge < -0.3 is 4.90 Å². The van der Waals surface area contributed by atoms with E-state index >= 15 is 0 Å². The lowest BCUT2D eigenvalue weighted by Crippen LogP contribution is -2.33. The summed E-state index contributed by atoms with van der Waals surface area (Å²) in [7, 11) is 0. The van der Waals surface area contributed by atoms with E-state index < -0.39 is 0 Å². The van der Waals surface area contributed by atoms with Gasteiger partial charge in [-0.25, -0.2) is 0 Å². The number of anilines is 1. The number of nitrogens with zero attached hydrogens (tertiary/aromatic N) is 2. The van der Waals surface area contributed by atoms with Crippen LogP contribution in [0.15, 0.2) is 18.2 Å². The summed E-state index contributed by atoms with van der Waals surface area (Å²) in [5.74, 6) is 0.302. The van der Waals surface area contributed by atoms with Gasteiger partial charge >= 0.3 is 0 Å². The highest BCUT2D eigenvalue weighted by molar-refractivity contribution is 6.17. The molecule has 0 aliphatic heterocycles. The van der Waals surface area contributed by atoms with Crippen LogP contribution >= 0.6 is 11.6 Å². The smallest absolute Gasteiger partial charge is 0.292 e. The molecule has 2 rings (SSSR count). The summed E-state index contributed by atoms with van der Waals surface area (Å²) in [5.41, 5.74) is 1.69. The second kappa shape index (κ2) is 6.24. The lowest BCUT2D eigenvalue weighted by Gasteiger charge is -2.29. The van der Waals surface area contributed by atoms with Crippen LogP contribution in [0.4, 0.5) is 11.4 Å². The molecule has 1 aliphatic rings. The van der Waals surface area contributed by atoms with Crippen LogP contribution in [0.25, 0.3) is 0 Å². The fourth-order valence-corrected chi connectivity index (χ4v) is 3.05. The van der Waals surface area contributed by atoms with Gasteiger partial charge in [-0.3, -0.25) is 10.1 Å². The molecule has 1 fully saturated rings. The Morgan fingerprint density at radius 2 is 2.11 bits per heavy atom. The maximum absolute atomic E-state index is 11.3.